The molecule has 1 aromatic carbocycles. The van der Waals surface area contributed by atoms with E-state index in [4.69, 9.17) is 6.42 Å². The number of terminal acetylenes is 1. The highest BCUT2D eigenvalue weighted by molar-refractivity contribution is 5.21. The van der Waals surface area contributed by atoms with E-state index in [1.165, 1.54) is 6.07 Å². The molecule has 0 aromatic heterocycles. The molecule has 1 N–H and O–H groups in total. The summed E-state index contributed by atoms with van der Waals surface area (Å²) in [5, 5.41) is 3.15. The lowest BCUT2D eigenvalue weighted by Gasteiger charge is -2.18. The Morgan fingerprint density at radius 3 is 2.56 bits per heavy atom. The molecule has 2 unspecified atom stereocenters. The summed E-state index contributed by atoms with van der Waals surface area (Å²) < 4.78 is 25.7. The highest BCUT2D eigenvalue weighted by Crippen LogP contribution is 2.16. The van der Waals surface area contributed by atoms with Gasteiger partial charge < -0.3 is 0 Å². The third-order valence-electron chi connectivity index (χ3n) is 2.50. The van der Waals surface area contributed by atoms with Crippen LogP contribution in [0, 0.1) is 24.0 Å². The maximum Gasteiger partial charge on any atom is 0.159 e. The van der Waals surface area contributed by atoms with E-state index in [1.807, 2.05) is 13.8 Å². The van der Waals surface area contributed by atoms with Crippen molar-refractivity contribution in [3.63, 3.8) is 0 Å². The molecule has 0 aliphatic carbocycles. The van der Waals surface area contributed by atoms with Crippen LogP contribution in [0.4, 0.5) is 8.78 Å². The molecule has 0 fully saturated rings. The molecule has 3 heteroatoms. The quantitative estimate of drug-likeness (QED) is 0.774. The fraction of sp³-hybridized carbons (Fsp3) is 0.385. The first-order chi connectivity index (χ1) is 7.58. The van der Waals surface area contributed by atoms with Gasteiger partial charge in [0.25, 0.3) is 0 Å². The number of hydrogen-bond donors (Lipinski definition) is 1. The first kappa shape index (κ1) is 12.7. The van der Waals surface area contributed by atoms with E-state index in [2.05, 4.69) is 11.2 Å². The number of rotatable bonds is 4. The van der Waals surface area contributed by atoms with Gasteiger partial charge in [0.05, 0.1) is 6.04 Å². The predicted octanol–water partition coefficient (Wildman–Crippen LogP) is 3.03. The van der Waals surface area contributed by atoms with Crippen molar-refractivity contribution in [3.05, 3.63) is 35.4 Å². The molecule has 1 rings (SSSR count). The second-order valence-corrected chi connectivity index (χ2v) is 3.69. The highest BCUT2D eigenvalue weighted by Gasteiger charge is 2.11. The summed E-state index contributed by atoms with van der Waals surface area (Å²) in [6.45, 7) is 3.84. The van der Waals surface area contributed by atoms with Gasteiger partial charge in [0.1, 0.15) is 0 Å². The van der Waals surface area contributed by atoms with Crippen LogP contribution < -0.4 is 5.32 Å². The Hall–Kier alpha value is -1.40. The van der Waals surface area contributed by atoms with Gasteiger partial charge in [-0.3, -0.25) is 5.32 Å². The third-order valence-corrected chi connectivity index (χ3v) is 2.50. The van der Waals surface area contributed by atoms with Crippen LogP contribution in [-0.2, 0) is 0 Å². The molecule has 0 aliphatic rings. The molecule has 0 aliphatic heterocycles. The van der Waals surface area contributed by atoms with Gasteiger partial charge in [-0.05, 0) is 31.0 Å². The van der Waals surface area contributed by atoms with Crippen LogP contribution in [0.3, 0.4) is 0 Å². The Kier molecular flexibility index (Phi) is 4.45. The van der Waals surface area contributed by atoms with Gasteiger partial charge in [0, 0.05) is 6.04 Å². The van der Waals surface area contributed by atoms with Gasteiger partial charge in [0.15, 0.2) is 11.6 Å². The Morgan fingerprint density at radius 1 is 1.38 bits per heavy atom. The maximum absolute atomic E-state index is 13.0. The van der Waals surface area contributed by atoms with Crippen LogP contribution >= 0.6 is 0 Å². The van der Waals surface area contributed by atoms with Crippen LogP contribution in [0.1, 0.15) is 31.9 Å². The number of benzene rings is 1. The largest absolute Gasteiger partial charge is 0.297 e. The Balaban J connectivity index is 2.77. The van der Waals surface area contributed by atoms with Crippen molar-refractivity contribution in [1.29, 1.82) is 0 Å². The van der Waals surface area contributed by atoms with Crippen LogP contribution in [0.25, 0.3) is 0 Å². The minimum Gasteiger partial charge on any atom is -0.297 e. The minimum atomic E-state index is -0.833. The van der Waals surface area contributed by atoms with Crippen molar-refractivity contribution in [1.82, 2.24) is 5.32 Å². The molecule has 0 heterocycles. The first-order valence-electron chi connectivity index (χ1n) is 5.25. The standard InChI is InChI=1S/C13H15F2N/c1-4-11(5-2)16-9(3)10-6-7-12(14)13(15)8-10/h1,6-9,11,16H,5H2,2-3H3. The zero-order valence-corrected chi connectivity index (χ0v) is 9.43. The van der Waals surface area contributed by atoms with Gasteiger partial charge in [-0.1, -0.05) is 18.9 Å². The average molecular weight is 223 g/mol. The molecule has 86 valence electrons. The fourth-order valence-corrected chi connectivity index (χ4v) is 1.46. The summed E-state index contributed by atoms with van der Waals surface area (Å²) >= 11 is 0. The second kappa shape index (κ2) is 5.62. The Morgan fingerprint density at radius 2 is 2.06 bits per heavy atom. The van der Waals surface area contributed by atoms with Crippen LogP contribution in [0.5, 0.6) is 0 Å². The fourth-order valence-electron chi connectivity index (χ4n) is 1.46. The summed E-state index contributed by atoms with van der Waals surface area (Å²) in [7, 11) is 0. The summed E-state index contributed by atoms with van der Waals surface area (Å²) in [4.78, 5) is 0. The van der Waals surface area contributed by atoms with Crippen molar-refractivity contribution in [2.45, 2.75) is 32.4 Å². The lowest BCUT2D eigenvalue weighted by molar-refractivity contribution is 0.489. The molecule has 0 saturated carbocycles. The zero-order valence-electron chi connectivity index (χ0n) is 9.43. The summed E-state index contributed by atoms with van der Waals surface area (Å²) in [5.41, 5.74) is 0.688. The lowest BCUT2D eigenvalue weighted by atomic mass is 10.1. The minimum absolute atomic E-state index is 0.0527. The van der Waals surface area contributed by atoms with Crippen molar-refractivity contribution in [2.24, 2.45) is 0 Å². The maximum atomic E-state index is 13.0. The molecule has 0 bridgehead atoms. The summed E-state index contributed by atoms with van der Waals surface area (Å²) in [6, 6.07) is 3.72. The van der Waals surface area contributed by atoms with Gasteiger partial charge in [0.2, 0.25) is 0 Å². The number of nitrogens with one attached hydrogen (secondary N) is 1. The molecule has 1 aromatic rings. The van der Waals surface area contributed by atoms with Crippen molar-refractivity contribution in [3.8, 4) is 12.3 Å². The Labute approximate surface area is 94.9 Å². The van der Waals surface area contributed by atoms with Gasteiger partial charge in [-0.15, -0.1) is 6.42 Å². The smallest absolute Gasteiger partial charge is 0.159 e. The van der Waals surface area contributed by atoms with Crippen LogP contribution in [0.2, 0.25) is 0 Å². The normalized spacial score (nSPS) is 14.2. The van der Waals surface area contributed by atoms with Crippen LogP contribution in [0.15, 0.2) is 18.2 Å². The van der Waals surface area contributed by atoms with Crippen molar-refractivity contribution in [2.75, 3.05) is 0 Å². The topological polar surface area (TPSA) is 12.0 Å². The van der Waals surface area contributed by atoms with Crippen molar-refractivity contribution < 1.29 is 8.78 Å². The van der Waals surface area contributed by atoms with Crippen LogP contribution in [-0.4, -0.2) is 6.04 Å². The van der Waals surface area contributed by atoms with E-state index in [1.54, 1.807) is 6.07 Å². The van der Waals surface area contributed by atoms with E-state index < -0.39 is 11.6 Å². The van der Waals surface area contributed by atoms with E-state index in [-0.39, 0.29) is 12.1 Å². The molecule has 0 saturated heterocycles. The third kappa shape index (κ3) is 3.04. The van der Waals surface area contributed by atoms with Gasteiger partial charge >= 0.3 is 0 Å². The van der Waals surface area contributed by atoms with Crippen molar-refractivity contribution >= 4 is 0 Å². The van der Waals surface area contributed by atoms with E-state index >= 15 is 0 Å². The molecule has 2 atom stereocenters. The SMILES string of the molecule is C#CC(CC)NC(C)c1ccc(F)c(F)c1. The summed E-state index contributed by atoms with van der Waals surface area (Å²) in [5.74, 6) is 0.933. The number of halogens is 2. The van der Waals surface area contributed by atoms with E-state index in [9.17, 15) is 8.78 Å². The van der Waals surface area contributed by atoms with E-state index in [0.29, 0.717) is 5.56 Å². The van der Waals surface area contributed by atoms with E-state index in [0.717, 1.165) is 12.5 Å². The molecule has 0 radical (unpaired) electrons. The predicted molar refractivity (Wildman–Crippen MR) is 60.8 cm³/mol. The highest BCUT2D eigenvalue weighted by atomic mass is 19.2. The molecule has 0 amide bonds. The van der Waals surface area contributed by atoms with Gasteiger partial charge in [-0.25, -0.2) is 8.78 Å². The molecule has 16 heavy (non-hydrogen) atoms. The van der Waals surface area contributed by atoms with Gasteiger partial charge in [-0.2, -0.15) is 0 Å². The average Bonchev–Trinajstić information content (AvgIpc) is 2.29. The summed E-state index contributed by atoms with van der Waals surface area (Å²) in [6.07, 6.45) is 6.11. The number of hydrogen-bond acceptors (Lipinski definition) is 1. The molecule has 1 nitrogen and oxygen atoms in total. The second-order valence-electron chi connectivity index (χ2n) is 3.69. The molecular weight excluding hydrogens is 208 g/mol. The zero-order chi connectivity index (χ0) is 12.1. The monoisotopic (exact) mass is 223 g/mol. The lowest BCUT2D eigenvalue weighted by Crippen LogP contribution is -2.29. The molecular formula is C13H15F2N. The molecule has 0 spiro atoms. The Bertz CT molecular complexity index is 395. The first-order valence-corrected chi connectivity index (χ1v) is 5.25.